The van der Waals surface area contributed by atoms with Crippen LogP contribution in [0, 0.1) is 13.8 Å². The molecule has 2 aromatic rings. The molecule has 2 aliphatic heterocycles. The number of ether oxygens (including phenoxy) is 2. The van der Waals surface area contributed by atoms with Crippen LogP contribution < -0.4 is 14.8 Å². The summed E-state index contributed by atoms with van der Waals surface area (Å²) in [6, 6.07) is 12.3. The summed E-state index contributed by atoms with van der Waals surface area (Å²) in [6.07, 6.45) is 2.51. The van der Waals surface area contributed by atoms with E-state index in [4.69, 9.17) is 9.47 Å². The van der Waals surface area contributed by atoms with E-state index in [1.807, 2.05) is 31.2 Å². The zero-order chi connectivity index (χ0) is 19.7. The average Bonchev–Trinajstić information content (AvgIpc) is 3.15. The number of carbonyl (C=O) groups is 1. The summed E-state index contributed by atoms with van der Waals surface area (Å²) in [6.45, 7) is 5.17. The standard InChI is InChI=1S/C23H24N2O3/c1-14-4-7-20(15(2)10-14)28-13-17-6-5-16(11-21(17)27-3)19-12-22(26)25-23-18(19)8-9-24-23/h4-8,10-11,19H,9,12-13H2,1-3H3,(H,24,25,26). The molecule has 2 heterocycles. The van der Waals surface area contributed by atoms with Gasteiger partial charge < -0.3 is 14.8 Å². The Balaban J connectivity index is 1.56. The van der Waals surface area contributed by atoms with Crippen LogP contribution in [-0.2, 0) is 11.4 Å². The molecule has 1 unspecified atom stereocenters. The largest absolute Gasteiger partial charge is 0.496 e. The van der Waals surface area contributed by atoms with Crippen molar-refractivity contribution >= 4 is 11.7 Å². The highest BCUT2D eigenvalue weighted by molar-refractivity contribution is 6.12. The van der Waals surface area contributed by atoms with Crippen LogP contribution in [0.1, 0.15) is 34.6 Å². The van der Waals surface area contributed by atoms with Crippen molar-refractivity contribution < 1.29 is 14.3 Å². The van der Waals surface area contributed by atoms with Gasteiger partial charge in [-0.15, -0.1) is 0 Å². The van der Waals surface area contributed by atoms with Gasteiger partial charge in [0.25, 0.3) is 0 Å². The minimum atomic E-state index is 0.00372. The fourth-order valence-corrected chi connectivity index (χ4v) is 3.83. The molecule has 0 aromatic heterocycles. The number of hydrogen-bond acceptors (Lipinski definition) is 4. The van der Waals surface area contributed by atoms with E-state index in [2.05, 4.69) is 35.4 Å². The van der Waals surface area contributed by atoms with Crippen molar-refractivity contribution in [2.45, 2.75) is 32.8 Å². The molecule has 2 aliphatic rings. The average molecular weight is 376 g/mol. The summed E-state index contributed by atoms with van der Waals surface area (Å²) in [7, 11) is 1.66. The van der Waals surface area contributed by atoms with Gasteiger partial charge in [0, 0.05) is 23.5 Å². The van der Waals surface area contributed by atoms with Gasteiger partial charge >= 0.3 is 0 Å². The smallest absolute Gasteiger partial charge is 0.226 e. The molecular formula is C23H24N2O3. The second-order valence-corrected chi connectivity index (χ2v) is 7.28. The van der Waals surface area contributed by atoms with Crippen molar-refractivity contribution in [1.29, 1.82) is 0 Å². The third kappa shape index (κ3) is 3.52. The van der Waals surface area contributed by atoms with Crippen LogP contribution in [0.5, 0.6) is 11.5 Å². The molecule has 1 atom stereocenters. The Bertz CT molecular complexity index is 991. The molecule has 0 saturated carbocycles. The lowest BCUT2D eigenvalue weighted by molar-refractivity contribution is -0.120. The maximum atomic E-state index is 12.1. The first-order chi connectivity index (χ1) is 13.5. The molecule has 0 radical (unpaired) electrons. The minimum Gasteiger partial charge on any atom is -0.496 e. The van der Waals surface area contributed by atoms with Crippen LogP contribution >= 0.6 is 0 Å². The van der Waals surface area contributed by atoms with Crippen molar-refractivity contribution in [3.63, 3.8) is 0 Å². The van der Waals surface area contributed by atoms with Crippen molar-refractivity contribution in [1.82, 2.24) is 5.32 Å². The van der Waals surface area contributed by atoms with Crippen LogP contribution in [0.4, 0.5) is 0 Å². The Kier molecular flexibility index (Phi) is 4.90. The van der Waals surface area contributed by atoms with E-state index in [9.17, 15) is 4.79 Å². The summed E-state index contributed by atoms with van der Waals surface area (Å²) in [5.74, 6) is 2.37. The highest BCUT2D eigenvalue weighted by atomic mass is 16.5. The number of piperidine rings is 1. The lowest BCUT2D eigenvalue weighted by Crippen LogP contribution is -2.38. The summed E-state index contributed by atoms with van der Waals surface area (Å²) in [5.41, 5.74) is 5.46. The molecule has 28 heavy (non-hydrogen) atoms. The van der Waals surface area contributed by atoms with Crippen molar-refractivity contribution in [2.75, 3.05) is 13.7 Å². The lowest BCUT2D eigenvalue weighted by atomic mass is 9.84. The molecule has 1 amide bonds. The molecule has 1 fully saturated rings. The SMILES string of the molecule is COc1cc(C2CC(=O)NC3=NCC=C32)ccc1COc1ccc(C)cc1C. The number of nitrogens with one attached hydrogen (secondary N) is 1. The Morgan fingerprint density at radius 2 is 2.00 bits per heavy atom. The number of nitrogens with zero attached hydrogens (tertiary/aromatic N) is 1. The number of carbonyl (C=O) groups excluding carboxylic acids is 1. The molecule has 144 valence electrons. The predicted octanol–water partition coefficient (Wildman–Crippen LogP) is 3.83. The highest BCUT2D eigenvalue weighted by Gasteiger charge is 2.32. The molecule has 0 aliphatic carbocycles. The van der Waals surface area contributed by atoms with Crippen LogP contribution in [0.15, 0.2) is 53.0 Å². The molecule has 5 heteroatoms. The molecule has 0 spiro atoms. The van der Waals surface area contributed by atoms with E-state index in [0.717, 1.165) is 33.8 Å². The maximum Gasteiger partial charge on any atom is 0.226 e. The molecule has 5 nitrogen and oxygen atoms in total. The fraction of sp³-hybridized carbons (Fsp3) is 0.304. The minimum absolute atomic E-state index is 0.00372. The van der Waals surface area contributed by atoms with Crippen molar-refractivity contribution in [3.8, 4) is 11.5 Å². The van der Waals surface area contributed by atoms with Gasteiger partial charge in [-0.1, -0.05) is 35.9 Å². The second-order valence-electron chi connectivity index (χ2n) is 7.28. The highest BCUT2D eigenvalue weighted by Crippen LogP contribution is 2.36. The van der Waals surface area contributed by atoms with Gasteiger partial charge in [0.1, 0.15) is 23.9 Å². The first-order valence-corrected chi connectivity index (χ1v) is 9.46. The summed E-state index contributed by atoms with van der Waals surface area (Å²) < 4.78 is 11.6. The topological polar surface area (TPSA) is 59.9 Å². The van der Waals surface area contributed by atoms with E-state index < -0.39 is 0 Å². The van der Waals surface area contributed by atoms with Gasteiger partial charge in [-0.25, -0.2) is 0 Å². The normalized spacial score (nSPS) is 18.1. The van der Waals surface area contributed by atoms with Crippen LogP contribution in [0.2, 0.25) is 0 Å². The van der Waals surface area contributed by atoms with Gasteiger partial charge in [-0.3, -0.25) is 9.79 Å². The number of benzene rings is 2. The maximum absolute atomic E-state index is 12.1. The number of fused-ring (bicyclic) bond motifs is 1. The Hall–Kier alpha value is -3.08. The molecule has 1 saturated heterocycles. The zero-order valence-electron chi connectivity index (χ0n) is 16.4. The molecular weight excluding hydrogens is 352 g/mol. The quantitative estimate of drug-likeness (QED) is 0.863. The van der Waals surface area contributed by atoms with E-state index in [0.29, 0.717) is 25.4 Å². The number of amides is 1. The van der Waals surface area contributed by atoms with Gasteiger partial charge in [0.15, 0.2) is 0 Å². The number of amidine groups is 1. The van der Waals surface area contributed by atoms with Crippen molar-refractivity contribution in [3.05, 3.63) is 70.3 Å². The van der Waals surface area contributed by atoms with Crippen LogP contribution in [-0.4, -0.2) is 25.4 Å². The predicted molar refractivity (Wildman–Crippen MR) is 109 cm³/mol. The van der Waals surface area contributed by atoms with E-state index in [-0.39, 0.29) is 11.8 Å². The fourth-order valence-electron chi connectivity index (χ4n) is 3.83. The van der Waals surface area contributed by atoms with Crippen LogP contribution in [0.3, 0.4) is 0 Å². The number of aliphatic imine (C=N–C) groups is 1. The summed E-state index contributed by atoms with van der Waals surface area (Å²) in [5, 5.41) is 2.86. The van der Waals surface area contributed by atoms with E-state index in [1.54, 1.807) is 7.11 Å². The van der Waals surface area contributed by atoms with Gasteiger partial charge in [-0.05, 0) is 37.1 Å². The Morgan fingerprint density at radius 1 is 1.14 bits per heavy atom. The molecule has 2 aromatic carbocycles. The molecule has 1 N–H and O–H groups in total. The second kappa shape index (κ2) is 7.50. The van der Waals surface area contributed by atoms with Gasteiger partial charge in [-0.2, -0.15) is 0 Å². The van der Waals surface area contributed by atoms with E-state index >= 15 is 0 Å². The van der Waals surface area contributed by atoms with E-state index in [1.165, 1.54) is 5.56 Å². The van der Waals surface area contributed by atoms with Crippen molar-refractivity contribution in [2.24, 2.45) is 4.99 Å². The Labute approximate surface area is 165 Å². The molecule has 0 bridgehead atoms. The third-order valence-corrected chi connectivity index (χ3v) is 5.28. The first-order valence-electron chi connectivity index (χ1n) is 9.46. The van der Waals surface area contributed by atoms with Crippen LogP contribution in [0.25, 0.3) is 0 Å². The Morgan fingerprint density at radius 3 is 2.79 bits per heavy atom. The zero-order valence-corrected chi connectivity index (χ0v) is 16.4. The summed E-state index contributed by atoms with van der Waals surface area (Å²) in [4.78, 5) is 16.4. The molecule has 4 rings (SSSR count). The lowest BCUT2D eigenvalue weighted by Gasteiger charge is -2.26. The summed E-state index contributed by atoms with van der Waals surface area (Å²) >= 11 is 0. The number of methoxy groups -OCH3 is 1. The number of aryl methyl sites for hydroxylation is 2. The first kappa shape index (κ1) is 18.3. The van der Waals surface area contributed by atoms with Gasteiger partial charge in [0.2, 0.25) is 5.91 Å². The third-order valence-electron chi connectivity index (χ3n) is 5.28. The number of rotatable bonds is 5. The monoisotopic (exact) mass is 376 g/mol. The van der Waals surface area contributed by atoms with Gasteiger partial charge in [0.05, 0.1) is 13.7 Å². The number of hydrogen-bond donors (Lipinski definition) is 1.